The van der Waals surface area contributed by atoms with E-state index in [1.54, 1.807) is 36.3 Å². The smallest absolute Gasteiger partial charge is 0.242 e. The van der Waals surface area contributed by atoms with Crippen LogP contribution in [0.1, 0.15) is 57.1 Å². The van der Waals surface area contributed by atoms with Crippen LogP contribution in [-0.2, 0) is 26.2 Å². The number of methoxy groups -OCH3 is 1. The Kier molecular flexibility index (Phi) is 11.9. The summed E-state index contributed by atoms with van der Waals surface area (Å²) in [6.45, 7) is 6.98. The summed E-state index contributed by atoms with van der Waals surface area (Å²) in [5.74, 6) is 0.289. The molecule has 0 spiro atoms. The number of aryl methyl sites for hydroxylation is 1. The highest BCUT2D eigenvalue weighted by atomic mass is 32.2. The van der Waals surface area contributed by atoms with Crippen molar-refractivity contribution < 1.29 is 22.7 Å². The van der Waals surface area contributed by atoms with E-state index in [9.17, 15) is 18.0 Å². The molecule has 2 rings (SSSR count). The molecule has 1 N–H and O–H groups in total. The number of hydrogen-bond acceptors (Lipinski definition) is 5. The summed E-state index contributed by atoms with van der Waals surface area (Å²) in [6.07, 6.45) is 3.91. The molecular weight excluding hydrogens is 490 g/mol. The lowest BCUT2D eigenvalue weighted by atomic mass is 10.1. The number of anilines is 1. The zero-order chi connectivity index (χ0) is 27.4. The highest BCUT2D eigenvalue weighted by Crippen LogP contribution is 2.22. The average Bonchev–Trinajstić information content (AvgIpc) is 2.86. The molecule has 204 valence electrons. The average molecular weight is 532 g/mol. The minimum absolute atomic E-state index is 0.118. The van der Waals surface area contributed by atoms with Crippen molar-refractivity contribution in [2.24, 2.45) is 0 Å². The lowest BCUT2D eigenvalue weighted by Crippen LogP contribution is -2.49. The van der Waals surface area contributed by atoms with Gasteiger partial charge >= 0.3 is 0 Å². The monoisotopic (exact) mass is 531 g/mol. The van der Waals surface area contributed by atoms with Gasteiger partial charge in [0.25, 0.3) is 0 Å². The summed E-state index contributed by atoms with van der Waals surface area (Å²) >= 11 is 0. The summed E-state index contributed by atoms with van der Waals surface area (Å²) in [5.41, 5.74) is 2.53. The van der Waals surface area contributed by atoms with Gasteiger partial charge in [-0.25, -0.2) is 8.42 Å². The van der Waals surface area contributed by atoms with E-state index >= 15 is 0 Å². The summed E-state index contributed by atoms with van der Waals surface area (Å²) in [6, 6.07) is 14.0. The van der Waals surface area contributed by atoms with Crippen LogP contribution in [0.25, 0.3) is 0 Å². The molecule has 0 aromatic heterocycles. The number of carbonyl (C=O) groups is 2. The molecule has 1 atom stereocenters. The Morgan fingerprint density at radius 3 is 2.32 bits per heavy atom. The number of benzene rings is 2. The molecule has 2 aromatic carbocycles. The van der Waals surface area contributed by atoms with E-state index in [1.807, 2.05) is 38.1 Å². The summed E-state index contributed by atoms with van der Waals surface area (Å²) in [7, 11) is -2.01. The fraction of sp³-hybridized carbons (Fsp3) is 0.500. The van der Waals surface area contributed by atoms with Gasteiger partial charge in [-0.3, -0.25) is 13.9 Å². The second-order valence-electron chi connectivity index (χ2n) is 9.22. The van der Waals surface area contributed by atoms with E-state index in [0.717, 1.165) is 30.2 Å². The van der Waals surface area contributed by atoms with Crippen molar-refractivity contribution in [3.05, 3.63) is 59.7 Å². The third-order valence-corrected chi connectivity index (χ3v) is 7.36. The molecule has 9 heteroatoms. The number of unbranched alkanes of at least 4 members (excludes halogenated alkanes) is 1. The Morgan fingerprint density at radius 2 is 1.76 bits per heavy atom. The zero-order valence-electron chi connectivity index (χ0n) is 22.7. The molecule has 0 radical (unpaired) electrons. The molecule has 0 saturated heterocycles. The SMILES string of the molecule is CCCCNC(=O)[C@H](CC)N(Cc1cccc(C)c1)C(=O)CCCN(c1ccc(OC)cc1)S(C)(=O)=O. The van der Waals surface area contributed by atoms with Crippen LogP contribution in [0.3, 0.4) is 0 Å². The second-order valence-corrected chi connectivity index (χ2v) is 11.1. The van der Waals surface area contributed by atoms with Crippen LogP contribution in [0.2, 0.25) is 0 Å². The van der Waals surface area contributed by atoms with Crippen molar-refractivity contribution in [3.63, 3.8) is 0 Å². The molecule has 2 aromatic rings. The van der Waals surface area contributed by atoms with Crippen molar-refractivity contribution in [1.29, 1.82) is 0 Å². The number of rotatable bonds is 15. The van der Waals surface area contributed by atoms with Gasteiger partial charge in [0.2, 0.25) is 21.8 Å². The number of hydrogen-bond donors (Lipinski definition) is 1. The van der Waals surface area contributed by atoms with Crippen molar-refractivity contribution in [1.82, 2.24) is 10.2 Å². The third kappa shape index (κ3) is 9.39. The molecule has 0 heterocycles. The first-order valence-electron chi connectivity index (χ1n) is 12.8. The van der Waals surface area contributed by atoms with Gasteiger partial charge in [0, 0.05) is 26.1 Å². The Labute approximate surface area is 222 Å². The fourth-order valence-corrected chi connectivity index (χ4v) is 5.15. The largest absolute Gasteiger partial charge is 0.497 e. The van der Waals surface area contributed by atoms with E-state index in [0.29, 0.717) is 37.4 Å². The number of carbonyl (C=O) groups excluding carboxylic acids is 2. The number of amides is 2. The molecule has 0 aliphatic carbocycles. The highest BCUT2D eigenvalue weighted by Gasteiger charge is 2.28. The summed E-state index contributed by atoms with van der Waals surface area (Å²) < 4.78 is 31.4. The lowest BCUT2D eigenvalue weighted by molar-refractivity contribution is -0.141. The van der Waals surface area contributed by atoms with Crippen molar-refractivity contribution >= 4 is 27.5 Å². The molecule has 37 heavy (non-hydrogen) atoms. The summed E-state index contributed by atoms with van der Waals surface area (Å²) in [5, 5.41) is 2.96. The van der Waals surface area contributed by atoms with Crippen molar-refractivity contribution in [2.45, 2.75) is 65.5 Å². The number of ether oxygens (including phenoxy) is 1. The lowest BCUT2D eigenvalue weighted by Gasteiger charge is -2.31. The van der Waals surface area contributed by atoms with Crippen LogP contribution < -0.4 is 14.4 Å². The van der Waals surface area contributed by atoms with E-state index in [2.05, 4.69) is 12.2 Å². The third-order valence-electron chi connectivity index (χ3n) is 6.16. The number of nitrogens with one attached hydrogen (secondary N) is 1. The fourth-order valence-electron chi connectivity index (χ4n) is 4.19. The van der Waals surface area contributed by atoms with Gasteiger partial charge in [0.05, 0.1) is 19.1 Å². The minimum Gasteiger partial charge on any atom is -0.497 e. The number of nitrogens with zero attached hydrogens (tertiary/aromatic N) is 2. The topological polar surface area (TPSA) is 96.0 Å². The maximum absolute atomic E-state index is 13.5. The molecule has 2 amide bonds. The maximum Gasteiger partial charge on any atom is 0.242 e. The van der Waals surface area contributed by atoms with Crippen LogP contribution in [-0.4, -0.2) is 57.6 Å². The van der Waals surface area contributed by atoms with Crippen molar-refractivity contribution in [2.75, 3.05) is 30.8 Å². The van der Waals surface area contributed by atoms with Crippen LogP contribution in [0.4, 0.5) is 5.69 Å². The zero-order valence-corrected chi connectivity index (χ0v) is 23.5. The van der Waals surface area contributed by atoms with E-state index in [1.165, 1.54) is 4.31 Å². The number of sulfonamides is 1. The Hall–Kier alpha value is -3.07. The van der Waals surface area contributed by atoms with Gasteiger partial charge < -0.3 is 15.0 Å². The Morgan fingerprint density at radius 1 is 1.05 bits per heavy atom. The predicted octanol–water partition coefficient (Wildman–Crippen LogP) is 4.27. The van der Waals surface area contributed by atoms with Crippen molar-refractivity contribution in [3.8, 4) is 5.75 Å². The molecule has 0 unspecified atom stereocenters. The van der Waals surface area contributed by atoms with E-state index in [4.69, 9.17) is 4.74 Å². The normalized spacial score (nSPS) is 12.0. The quantitative estimate of drug-likeness (QED) is 0.346. The van der Waals surface area contributed by atoms with Crippen LogP contribution >= 0.6 is 0 Å². The first-order valence-corrected chi connectivity index (χ1v) is 14.7. The minimum atomic E-state index is -3.55. The van der Waals surface area contributed by atoms with Gasteiger partial charge in [0.1, 0.15) is 11.8 Å². The van der Waals surface area contributed by atoms with Crippen LogP contribution in [0.5, 0.6) is 5.75 Å². The standard InChI is InChI=1S/C28H41N3O5S/c1-6-8-18-29-28(33)26(7-2)30(21-23-12-9-11-22(3)20-23)27(32)13-10-19-31(37(5,34)35)24-14-16-25(36-4)17-15-24/h9,11-12,14-17,20,26H,6-8,10,13,18-19,21H2,1-5H3,(H,29,33)/t26-/m0/s1. The molecule has 0 aliphatic rings. The predicted molar refractivity (Wildman–Crippen MR) is 148 cm³/mol. The first-order chi connectivity index (χ1) is 17.6. The molecular formula is C28H41N3O5S. The van der Waals surface area contributed by atoms with Gasteiger partial charge in [-0.15, -0.1) is 0 Å². The highest BCUT2D eigenvalue weighted by molar-refractivity contribution is 7.92. The van der Waals surface area contributed by atoms with Crippen LogP contribution in [0, 0.1) is 6.92 Å². The van der Waals surface area contributed by atoms with Gasteiger partial charge in [-0.05, 0) is 56.0 Å². The summed E-state index contributed by atoms with van der Waals surface area (Å²) in [4.78, 5) is 28.1. The maximum atomic E-state index is 13.5. The molecule has 0 fully saturated rings. The molecule has 0 bridgehead atoms. The second kappa shape index (κ2) is 14.6. The van der Waals surface area contributed by atoms with Gasteiger partial charge in [-0.2, -0.15) is 0 Å². The van der Waals surface area contributed by atoms with Gasteiger partial charge in [-0.1, -0.05) is 50.1 Å². The molecule has 8 nitrogen and oxygen atoms in total. The Balaban J connectivity index is 2.19. The Bertz CT molecular complexity index is 1120. The van der Waals surface area contributed by atoms with Crippen LogP contribution in [0.15, 0.2) is 48.5 Å². The first kappa shape index (κ1) is 30.2. The van der Waals surface area contributed by atoms with E-state index < -0.39 is 16.1 Å². The molecule has 0 saturated carbocycles. The van der Waals surface area contributed by atoms with Gasteiger partial charge in [0.15, 0.2) is 0 Å². The molecule has 0 aliphatic heterocycles. The van der Waals surface area contributed by atoms with E-state index in [-0.39, 0.29) is 24.8 Å².